The average molecular weight is 294 g/mol. The number of nitrogens with one attached hydrogen (secondary N) is 1. The zero-order chi connectivity index (χ0) is 14.5. The molecule has 0 saturated heterocycles. The number of benzene rings is 2. The number of hydrogen-bond acceptors (Lipinski definition) is 3. The fourth-order valence-electron chi connectivity index (χ4n) is 2.23. The predicted octanol–water partition coefficient (Wildman–Crippen LogP) is 4.59. The summed E-state index contributed by atoms with van der Waals surface area (Å²) in [6.07, 6.45) is 0. The molecule has 106 valence electrons. The molecule has 0 bridgehead atoms. The highest BCUT2D eigenvalue weighted by Crippen LogP contribution is 2.35. The number of rotatable bonds is 5. The first-order valence-corrected chi connectivity index (χ1v) is 8.01. The van der Waals surface area contributed by atoms with Gasteiger partial charge < -0.3 is 5.32 Å². The molecule has 0 spiro atoms. The van der Waals surface area contributed by atoms with Crippen LogP contribution in [-0.4, -0.2) is 11.5 Å². The van der Waals surface area contributed by atoms with Gasteiger partial charge in [-0.1, -0.05) is 67.6 Å². The normalized spacial score (nSPS) is 10.7. The van der Waals surface area contributed by atoms with Crippen molar-refractivity contribution in [3.05, 3.63) is 66.4 Å². The topological polar surface area (TPSA) is 24.9 Å². The van der Waals surface area contributed by atoms with Crippen LogP contribution < -0.4 is 5.32 Å². The van der Waals surface area contributed by atoms with E-state index in [1.807, 2.05) is 12.1 Å². The molecular formula is C18H18N2S. The molecule has 0 aliphatic rings. The van der Waals surface area contributed by atoms with Crippen LogP contribution in [0.25, 0.3) is 21.0 Å². The number of nitrogens with zero attached hydrogens (tertiary/aromatic N) is 1. The molecule has 1 N–H and O–H groups in total. The molecule has 3 aromatic rings. The maximum atomic E-state index is 4.85. The van der Waals surface area contributed by atoms with E-state index in [9.17, 15) is 0 Å². The van der Waals surface area contributed by atoms with Crippen LogP contribution in [0.15, 0.2) is 60.7 Å². The molecular weight excluding hydrogens is 276 g/mol. The van der Waals surface area contributed by atoms with E-state index in [4.69, 9.17) is 4.98 Å². The van der Waals surface area contributed by atoms with Crippen LogP contribution in [0, 0.1) is 0 Å². The predicted molar refractivity (Wildman–Crippen MR) is 90.4 cm³/mol. The lowest BCUT2D eigenvalue weighted by Crippen LogP contribution is -2.12. The minimum absolute atomic E-state index is 0.810. The smallest absolute Gasteiger partial charge is 0.124 e. The monoisotopic (exact) mass is 294 g/mol. The second-order valence-electron chi connectivity index (χ2n) is 4.81. The van der Waals surface area contributed by atoms with Crippen molar-refractivity contribution in [1.29, 1.82) is 0 Å². The summed E-state index contributed by atoms with van der Waals surface area (Å²) in [6.45, 7) is 3.88. The number of thiazole rings is 1. The number of hydrogen-bond donors (Lipinski definition) is 1. The largest absolute Gasteiger partial charge is 0.311 e. The molecule has 1 aromatic heterocycles. The molecule has 0 amide bonds. The van der Waals surface area contributed by atoms with Crippen molar-refractivity contribution >= 4 is 11.3 Å². The van der Waals surface area contributed by atoms with E-state index < -0.39 is 0 Å². The summed E-state index contributed by atoms with van der Waals surface area (Å²) in [4.78, 5) is 6.11. The first-order chi connectivity index (χ1) is 10.4. The summed E-state index contributed by atoms with van der Waals surface area (Å²) in [5.74, 6) is 0. The molecule has 0 unspecified atom stereocenters. The average Bonchev–Trinajstić information content (AvgIpc) is 2.99. The molecule has 21 heavy (non-hydrogen) atoms. The van der Waals surface area contributed by atoms with Gasteiger partial charge in [0.15, 0.2) is 0 Å². The van der Waals surface area contributed by atoms with Gasteiger partial charge >= 0.3 is 0 Å². The van der Waals surface area contributed by atoms with E-state index in [2.05, 4.69) is 60.8 Å². The Bertz CT molecular complexity index is 690. The Morgan fingerprint density at radius 2 is 1.52 bits per heavy atom. The van der Waals surface area contributed by atoms with Crippen LogP contribution in [0.4, 0.5) is 0 Å². The van der Waals surface area contributed by atoms with Crippen LogP contribution in [0.2, 0.25) is 0 Å². The van der Waals surface area contributed by atoms with Crippen molar-refractivity contribution in [2.24, 2.45) is 0 Å². The quantitative estimate of drug-likeness (QED) is 0.744. The fraction of sp³-hybridized carbons (Fsp3) is 0.167. The summed E-state index contributed by atoms with van der Waals surface area (Å²) < 4.78 is 0. The van der Waals surface area contributed by atoms with Crippen LogP contribution in [0.3, 0.4) is 0 Å². The maximum Gasteiger partial charge on any atom is 0.124 e. The highest BCUT2D eigenvalue weighted by Gasteiger charge is 2.13. The molecule has 3 rings (SSSR count). The van der Waals surface area contributed by atoms with Crippen molar-refractivity contribution in [3.63, 3.8) is 0 Å². The van der Waals surface area contributed by atoms with E-state index in [1.165, 1.54) is 16.0 Å². The van der Waals surface area contributed by atoms with E-state index >= 15 is 0 Å². The van der Waals surface area contributed by atoms with E-state index in [0.29, 0.717) is 0 Å². The lowest BCUT2D eigenvalue weighted by atomic mass is 10.1. The minimum Gasteiger partial charge on any atom is -0.311 e. The highest BCUT2D eigenvalue weighted by molar-refractivity contribution is 7.18. The molecule has 0 fully saturated rings. The summed E-state index contributed by atoms with van der Waals surface area (Å²) >= 11 is 1.77. The molecule has 0 atom stereocenters. The van der Waals surface area contributed by atoms with Gasteiger partial charge in [-0.05, 0) is 12.1 Å². The zero-order valence-corrected chi connectivity index (χ0v) is 12.9. The van der Waals surface area contributed by atoms with Gasteiger partial charge in [0, 0.05) is 12.1 Å². The Labute approximate surface area is 129 Å². The van der Waals surface area contributed by atoms with Crippen molar-refractivity contribution in [2.75, 3.05) is 6.54 Å². The van der Waals surface area contributed by atoms with Crippen molar-refractivity contribution < 1.29 is 0 Å². The third kappa shape index (κ3) is 3.20. The Morgan fingerprint density at radius 3 is 2.14 bits per heavy atom. The Kier molecular flexibility index (Phi) is 4.43. The first kappa shape index (κ1) is 14.0. The standard InChI is InChI=1S/C18H18N2S/c1-2-19-13-16-17(14-9-5-3-6-10-14)21-18(20-16)15-11-7-4-8-12-15/h3-12,19H,2,13H2,1H3. The van der Waals surface area contributed by atoms with Crippen LogP contribution in [-0.2, 0) is 6.54 Å². The van der Waals surface area contributed by atoms with Gasteiger partial charge in [-0.2, -0.15) is 0 Å². The van der Waals surface area contributed by atoms with Crippen molar-refractivity contribution in [2.45, 2.75) is 13.5 Å². The third-order valence-electron chi connectivity index (χ3n) is 3.30. The van der Waals surface area contributed by atoms with Crippen LogP contribution in [0.1, 0.15) is 12.6 Å². The van der Waals surface area contributed by atoms with Crippen LogP contribution in [0.5, 0.6) is 0 Å². The van der Waals surface area contributed by atoms with Gasteiger partial charge in [0.25, 0.3) is 0 Å². The summed E-state index contributed by atoms with van der Waals surface area (Å²) in [6, 6.07) is 20.9. The Balaban J connectivity index is 2.03. The summed E-state index contributed by atoms with van der Waals surface area (Å²) in [7, 11) is 0. The third-order valence-corrected chi connectivity index (χ3v) is 4.49. The zero-order valence-electron chi connectivity index (χ0n) is 12.0. The molecule has 2 nitrogen and oxygen atoms in total. The van der Waals surface area contributed by atoms with Gasteiger partial charge in [-0.3, -0.25) is 0 Å². The Hall–Kier alpha value is -1.97. The lowest BCUT2D eigenvalue weighted by Gasteiger charge is -2.02. The first-order valence-electron chi connectivity index (χ1n) is 7.19. The SMILES string of the molecule is CCNCc1nc(-c2ccccc2)sc1-c1ccccc1. The van der Waals surface area contributed by atoms with Gasteiger partial charge in [-0.15, -0.1) is 11.3 Å². The lowest BCUT2D eigenvalue weighted by molar-refractivity contribution is 0.716. The number of aromatic nitrogens is 1. The molecule has 0 aliphatic carbocycles. The van der Waals surface area contributed by atoms with E-state index in [1.54, 1.807) is 11.3 Å². The van der Waals surface area contributed by atoms with E-state index in [-0.39, 0.29) is 0 Å². The van der Waals surface area contributed by atoms with Gasteiger partial charge in [0.2, 0.25) is 0 Å². The molecule has 2 aromatic carbocycles. The van der Waals surface area contributed by atoms with Gasteiger partial charge in [0.1, 0.15) is 5.01 Å². The van der Waals surface area contributed by atoms with Crippen molar-refractivity contribution in [1.82, 2.24) is 10.3 Å². The Morgan fingerprint density at radius 1 is 0.905 bits per heavy atom. The summed E-state index contributed by atoms with van der Waals surface area (Å²) in [5.41, 5.74) is 3.56. The molecule has 0 radical (unpaired) electrons. The summed E-state index contributed by atoms with van der Waals surface area (Å²) in [5, 5.41) is 4.47. The fourth-order valence-corrected chi connectivity index (χ4v) is 3.33. The molecule has 3 heteroatoms. The van der Waals surface area contributed by atoms with Crippen LogP contribution >= 0.6 is 11.3 Å². The molecule has 1 heterocycles. The minimum atomic E-state index is 0.810. The highest BCUT2D eigenvalue weighted by atomic mass is 32.1. The maximum absolute atomic E-state index is 4.85. The molecule has 0 aliphatic heterocycles. The second kappa shape index (κ2) is 6.66. The second-order valence-corrected chi connectivity index (χ2v) is 5.81. The van der Waals surface area contributed by atoms with Crippen molar-refractivity contribution in [3.8, 4) is 21.0 Å². The van der Waals surface area contributed by atoms with Gasteiger partial charge in [0.05, 0.1) is 10.6 Å². The van der Waals surface area contributed by atoms with Gasteiger partial charge in [-0.25, -0.2) is 4.98 Å². The van der Waals surface area contributed by atoms with E-state index in [0.717, 1.165) is 23.8 Å². The molecule has 0 saturated carbocycles.